The molecule has 4 heteroatoms. The Balaban J connectivity index is 1.23. The Morgan fingerprint density at radius 1 is 0.444 bits per heavy atom. The fourth-order valence-electron chi connectivity index (χ4n) is 7.71. The first-order chi connectivity index (χ1) is 22.2. The average Bonchev–Trinajstić information content (AvgIpc) is 3.87. The topological polar surface area (TPSA) is 30.1 Å². The zero-order valence-electron chi connectivity index (χ0n) is 24.2. The SMILES string of the molecule is OC1(c2cccs2)c2cc(-n3c4ccccc4c4ccccc43)ccc2-c2ccc(-n3c4ccccc4c4ccccc43)cc21. The molecule has 0 radical (unpaired) electrons. The minimum atomic E-state index is -1.29. The van der Waals surface area contributed by atoms with Gasteiger partial charge in [-0.2, -0.15) is 0 Å². The van der Waals surface area contributed by atoms with Crippen molar-refractivity contribution in [3.8, 4) is 22.5 Å². The van der Waals surface area contributed by atoms with Crippen LogP contribution in [0.2, 0.25) is 0 Å². The number of benzene rings is 6. The van der Waals surface area contributed by atoms with Gasteiger partial charge >= 0.3 is 0 Å². The molecule has 3 nitrogen and oxygen atoms in total. The third kappa shape index (κ3) is 3.27. The highest BCUT2D eigenvalue weighted by Gasteiger charge is 2.44. The van der Waals surface area contributed by atoms with Gasteiger partial charge in [0.1, 0.15) is 0 Å². The number of para-hydroxylation sites is 4. The lowest BCUT2D eigenvalue weighted by Crippen LogP contribution is -2.25. The van der Waals surface area contributed by atoms with Gasteiger partial charge in [-0.05, 0) is 71.1 Å². The van der Waals surface area contributed by atoms with Crippen LogP contribution in [-0.4, -0.2) is 14.2 Å². The van der Waals surface area contributed by atoms with Gasteiger partial charge in [0.05, 0.1) is 22.1 Å². The van der Waals surface area contributed by atoms with Crippen molar-refractivity contribution in [2.24, 2.45) is 0 Å². The normalized spacial score (nSPS) is 13.6. The number of hydrogen-bond acceptors (Lipinski definition) is 2. The van der Waals surface area contributed by atoms with Gasteiger partial charge in [-0.15, -0.1) is 11.3 Å². The maximum absolute atomic E-state index is 13.0. The van der Waals surface area contributed by atoms with Crippen molar-refractivity contribution >= 4 is 54.9 Å². The Hall–Kier alpha value is -5.42. The molecule has 10 rings (SSSR count). The van der Waals surface area contributed by atoms with Crippen LogP contribution in [-0.2, 0) is 5.60 Å². The van der Waals surface area contributed by atoms with E-state index < -0.39 is 5.60 Å². The van der Waals surface area contributed by atoms with Crippen molar-refractivity contribution < 1.29 is 5.11 Å². The molecular formula is C41H26N2OS. The number of rotatable bonds is 3. The lowest BCUT2D eigenvalue weighted by atomic mass is 9.89. The van der Waals surface area contributed by atoms with Crippen LogP contribution in [0.5, 0.6) is 0 Å². The van der Waals surface area contributed by atoms with E-state index in [4.69, 9.17) is 0 Å². The Morgan fingerprint density at radius 2 is 0.844 bits per heavy atom. The van der Waals surface area contributed by atoms with E-state index in [9.17, 15) is 5.11 Å². The third-order valence-corrected chi connectivity index (χ3v) is 10.6. The van der Waals surface area contributed by atoms with Crippen LogP contribution in [0.25, 0.3) is 66.1 Å². The smallest absolute Gasteiger partial charge is 0.150 e. The second kappa shape index (κ2) is 9.05. The lowest BCUT2D eigenvalue weighted by molar-refractivity contribution is 0.134. The van der Waals surface area contributed by atoms with Crippen LogP contribution in [0.4, 0.5) is 0 Å². The van der Waals surface area contributed by atoms with Gasteiger partial charge < -0.3 is 14.2 Å². The first kappa shape index (κ1) is 25.0. The molecule has 9 aromatic rings. The van der Waals surface area contributed by atoms with Crippen molar-refractivity contribution in [2.75, 3.05) is 0 Å². The molecule has 6 aromatic carbocycles. The zero-order valence-corrected chi connectivity index (χ0v) is 25.0. The van der Waals surface area contributed by atoms with Gasteiger partial charge in [0, 0.05) is 48.9 Å². The van der Waals surface area contributed by atoms with Crippen molar-refractivity contribution in [3.05, 3.63) is 167 Å². The predicted molar refractivity (Wildman–Crippen MR) is 187 cm³/mol. The van der Waals surface area contributed by atoms with Gasteiger partial charge in [0.15, 0.2) is 5.60 Å². The van der Waals surface area contributed by atoms with Crippen LogP contribution in [0.3, 0.4) is 0 Å². The van der Waals surface area contributed by atoms with Gasteiger partial charge in [0.25, 0.3) is 0 Å². The molecule has 45 heavy (non-hydrogen) atoms. The molecule has 3 heterocycles. The van der Waals surface area contributed by atoms with E-state index in [1.807, 2.05) is 6.07 Å². The molecule has 1 aliphatic rings. The summed E-state index contributed by atoms with van der Waals surface area (Å²) in [6, 6.07) is 51.5. The Labute approximate surface area is 263 Å². The van der Waals surface area contributed by atoms with E-state index in [1.54, 1.807) is 11.3 Å². The van der Waals surface area contributed by atoms with Crippen molar-refractivity contribution in [2.45, 2.75) is 5.60 Å². The number of fused-ring (bicyclic) bond motifs is 9. The molecular weight excluding hydrogens is 569 g/mol. The molecule has 0 saturated heterocycles. The van der Waals surface area contributed by atoms with Crippen LogP contribution in [0.15, 0.2) is 151 Å². The van der Waals surface area contributed by atoms with E-state index in [0.29, 0.717) is 0 Å². The largest absolute Gasteiger partial charge is 0.375 e. The maximum atomic E-state index is 13.0. The number of aliphatic hydroxyl groups is 1. The van der Waals surface area contributed by atoms with Crippen LogP contribution < -0.4 is 0 Å². The first-order valence-corrected chi connectivity index (χ1v) is 16.1. The Bertz CT molecular complexity index is 2350. The van der Waals surface area contributed by atoms with Crippen LogP contribution >= 0.6 is 11.3 Å². The van der Waals surface area contributed by atoms with Gasteiger partial charge in [0.2, 0.25) is 0 Å². The lowest BCUT2D eigenvalue weighted by Gasteiger charge is -2.26. The third-order valence-electron chi connectivity index (χ3n) is 9.63. The van der Waals surface area contributed by atoms with E-state index in [0.717, 1.165) is 60.6 Å². The number of thiophene rings is 1. The molecule has 0 spiro atoms. The molecule has 3 aromatic heterocycles. The van der Waals surface area contributed by atoms with Crippen LogP contribution in [0.1, 0.15) is 16.0 Å². The highest BCUT2D eigenvalue weighted by Crippen LogP contribution is 2.53. The van der Waals surface area contributed by atoms with E-state index >= 15 is 0 Å². The number of aromatic nitrogens is 2. The number of nitrogens with zero attached hydrogens (tertiary/aromatic N) is 2. The Kier molecular flexibility index (Phi) is 5.02. The molecule has 212 valence electrons. The second-order valence-electron chi connectivity index (χ2n) is 11.9. The van der Waals surface area contributed by atoms with Crippen molar-refractivity contribution in [3.63, 3.8) is 0 Å². The molecule has 0 atom stereocenters. The zero-order chi connectivity index (χ0) is 29.7. The minimum Gasteiger partial charge on any atom is -0.375 e. The summed E-state index contributed by atoms with van der Waals surface area (Å²) in [6.07, 6.45) is 0. The first-order valence-electron chi connectivity index (χ1n) is 15.2. The summed E-state index contributed by atoms with van der Waals surface area (Å²) in [7, 11) is 0. The maximum Gasteiger partial charge on any atom is 0.150 e. The minimum absolute atomic E-state index is 0.915. The predicted octanol–water partition coefficient (Wildman–Crippen LogP) is 10.2. The fourth-order valence-corrected chi connectivity index (χ4v) is 8.56. The van der Waals surface area contributed by atoms with Crippen molar-refractivity contribution in [1.29, 1.82) is 0 Å². The number of hydrogen-bond donors (Lipinski definition) is 1. The van der Waals surface area contributed by atoms with Crippen molar-refractivity contribution in [1.82, 2.24) is 9.13 Å². The quantitative estimate of drug-likeness (QED) is 0.217. The monoisotopic (exact) mass is 594 g/mol. The molecule has 0 fully saturated rings. The van der Waals surface area contributed by atoms with E-state index in [2.05, 4.69) is 154 Å². The molecule has 1 N–H and O–H groups in total. The van der Waals surface area contributed by atoms with Gasteiger partial charge in [-0.1, -0.05) is 91.0 Å². The molecule has 0 unspecified atom stereocenters. The van der Waals surface area contributed by atoms with E-state index in [1.165, 1.54) is 21.5 Å². The molecule has 1 aliphatic carbocycles. The highest BCUT2D eigenvalue weighted by molar-refractivity contribution is 7.10. The second-order valence-corrected chi connectivity index (χ2v) is 12.8. The van der Waals surface area contributed by atoms with Gasteiger partial charge in [-0.25, -0.2) is 0 Å². The summed E-state index contributed by atoms with van der Waals surface area (Å²) < 4.78 is 4.65. The molecule has 0 saturated carbocycles. The summed E-state index contributed by atoms with van der Waals surface area (Å²) in [5.74, 6) is 0. The summed E-state index contributed by atoms with van der Waals surface area (Å²) in [5.41, 5.74) is 9.38. The standard InChI is InChI=1S/C41H26N2OS/c44-41(40-18-9-23-45-40)34-24-26(42-36-14-5-1-10-30(36)31-11-2-6-15-37(31)42)19-21-28(34)29-22-20-27(25-35(29)41)43-38-16-7-3-12-32(38)33-13-4-8-17-39(33)43/h1-25,44H. The molecule has 0 aliphatic heterocycles. The summed E-state index contributed by atoms with van der Waals surface area (Å²) in [6.45, 7) is 0. The summed E-state index contributed by atoms with van der Waals surface area (Å²) in [5, 5.41) is 20.0. The summed E-state index contributed by atoms with van der Waals surface area (Å²) in [4.78, 5) is 0.918. The molecule has 0 amide bonds. The van der Waals surface area contributed by atoms with Crippen LogP contribution in [0, 0.1) is 0 Å². The fraction of sp³-hybridized carbons (Fsp3) is 0.0244. The molecule has 0 bridgehead atoms. The Morgan fingerprint density at radius 3 is 1.22 bits per heavy atom. The summed E-state index contributed by atoms with van der Waals surface area (Å²) >= 11 is 1.60. The highest BCUT2D eigenvalue weighted by atomic mass is 32.1. The van der Waals surface area contributed by atoms with Gasteiger partial charge in [-0.3, -0.25) is 0 Å². The average molecular weight is 595 g/mol. The van der Waals surface area contributed by atoms with E-state index in [-0.39, 0.29) is 0 Å².